The van der Waals surface area contributed by atoms with E-state index in [1.165, 1.54) is 0 Å². The summed E-state index contributed by atoms with van der Waals surface area (Å²) in [6.45, 7) is 9.55. The SMILES string of the molecule is CCN(CCC(C)C)C(=O)c1cc(C)on1. The molecule has 0 fully saturated rings. The lowest BCUT2D eigenvalue weighted by Crippen LogP contribution is -2.32. The lowest BCUT2D eigenvalue weighted by Gasteiger charge is -2.20. The summed E-state index contributed by atoms with van der Waals surface area (Å²) in [5.74, 6) is 1.23. The van der Waals surface area contributed by atoms with Crippen molar-refractivity contribution in [1.29, 1.82) is 0 Å². The van der Waals surface area contributed by atoms with E-state index in [0.717, 1.165) is 13.0 Å². The van der Waals surface area contributed by atoms with Crippen LogP contribution in [0.1, 0.15) is 43.4 Å². The van der Waals surface area contributed by atoms with Crippen molar-refractivity contribution >= 4 is 5.91 Å². The maximum Gasteiger partial charge on any atom is 0.276 e. The number of nitrogens with zero attached hydrogens (tertiary/aromatic N) is 2. The van der Waals surface area contributed by atoms with E-state index < -0.39 is 0 Å². The monoisotopic (exact) mass is 224 g/mol. The average molecular weight is 224 g/mol. The summed E-state index contributed by atoms with van der Waals surface area (Å²) in [5.41, 5.74) is 0.406. The standard InChI is InChI=1S/C12H20N2O2/c1-5-14(7-6-9(2)3)12(15)11-8-10(4)16-13-11/h8-9H,5-7H2,1-4H3. The van der Waals surface area contributed by atoms with Crippen molar-refractivity contribution in [3.8, 4) is 0 Å². The van der Waals surface area contributed by atoms with Crippen LogP contribution in [-0.2, 0) is 0 Å². The quantitative estimate of drug-likeness (QED) is 0.772. The Labute approximate surface area is 96.6 Å². The third-order valence-corrected chi connectivity index (χ3v) is 2.49. The molecular weight excluding hydrogens is 204 g/mol. The molecule has 1 amide bonds. The van der Waals surface area contributed by atoms with Crippen molar-refractivity contribution in [2.75, 3.05) is 13.1 Å². The van der Waals surface area contributed by atoms with Gasteiger partial charge in [0.1, 0.15) is 5.76 Å². The van der Waals surface area contributed by atoms with Gasteiger partial charge < -0.3 is 9.42 Å². The molecule has 0 radical (unpaired) electrons. The first-order valence-corrected chi connectivity index (χ1v) is 5.77. The highest BCUT2D eigenvalue weighted by molar-refractivity contribution is 5.92. The molecule has 1 aromatic rings. The van der Waals surface area contributed by atoms with Crippen molar-refractivity contribution in [2.45, 2.75) is 34.1 Å². The van der Waals surface area contributed by atoms with Gasteiger partial charge in [0.2, 0.25) is 0 Å². The van der Waals surface area contributed by atoms with Gasteiger partial charge in [0.25, 0.3) is 5.91 Å². The Hall–Kier alpha value is -1.32. The Kier molecular flexibility index (Phi) is 4.52. The van der Waals surface area contributed by atoms with Gasteiger partial charge in [-0.2, -0.15) is 0 Å². The number of hydrogen-bond acceptors (Lipinski definition) is 3. The van der Waals surface area contributed by atoms with Crippen LogP contribution in [0.15, 0.2) is 10.6 Å². The highest BCUT2D eigenvalue weighted by Gasteiger charge is 2.17. The summed E-state index contributed by atoms with van der Waals surface area (Å²) >= 11 is 0. The Morgan fingerprint density at radius 2 is 2.25 bits per heavy atom. The Bertz CT molecular complexity index is 345. The van der Waals surface area contributed by atoms with E-state index in [2.05, 4.69) is 19.0 Å². The van der Waals surface area contributed by atoms with E-state index in [4.69, 9.17) is 4.52 Å². The zero-order valence-corrected chi connectivity index (χ0v) is 10.5. The van der Waals surface area contributed by atoms with Crippen LogP contribution >= 0.6 is 0 Å². The van der Waals surface area contributed by atoms with Crippen molar-refractivity contribution in [3.05, 3.63) is 17.5 Å². The maximum absolute atomic E-state index is 12.0. The third-order valence-electron chi connectivity index (χ3n) is 2.49. The average Bonchev–Trinajstić information content (AvgIpc) is 2.65. The van der Waals surface area contributed by atoms with E-state index in [9.17, 15) is 4.79 Å². The zero-order valence-electron chi connectivity index (χ0n) is 10.5. The summed E-state index contributed by atoms with van der Waals surface area (Å²) in [4.78, 5) is 13.8. The van der Waals surface area contributed by atoms with Crippen LogP contribution in [0, 0.1) is 12.8 Å². The largest absolute Gasteiger partial charge is 0.361 e. The molecule has 90 valence electrons. The minimum Gasteiger partial charge on any atom is -0.361 e. The van der Waals surface area contributed by atoms with Crippen molar-refractivity contribution < 1.29 is 9.32 Å². The highest BCUT2D eigenvalue weighted by Crippen LogP contribution is 2.08. The lowest BCUT2D eigenvalue weighted by molar-refractivity contribution is 0.0747. The highest BCUT2D eigenvalue weighted by atomic mass is 16.5. The fourth-order valence-electron chi connectivity index (χ4n) is 1.45. The topological polar surface area (TPSA) is 46.3 Å². The van der Waals surface area contributed by atoms with Crippen LogP contribution in [-0.4, -0.2) is 29.1 Å². The summed E-state index contributed by atoms with van der Waals surface area (Å²) in [7, 11) is 0. The molecule has 1 heterocycles. The van der Waals surface area contributed by atoms with Crippen LogP contribution < -0.4 is 0 Å². The fourth-order valence-corrected chi connectivity index (χ4v) is 1.45. The van der Waals surface area contributed by atoms with Crippen molar-refractivity contribution in [3.63, 3.8) is 0 Å². The second kappa shape index (κ2) is 5.68. The Balaban J connectivity index is 2.62. The molecule has 16 heavy (non-hydrogen) atoms. The molecule has 0 aliphatic rings. The first kappa shape index (κ1) is 12.7. The second-order valence-corrected chi connectivity index (χ2v) is 4.39. The van der Waals surface area contributed by atoms with E-state index in [1.54, 1.807) is 17.9 Å². The summed E-state index contributed by atoms with van der Waals surface area (Å²) in [6, 6.07) is 1.68. The molecule has 0 unspecified atom stereocenters. The molecule has 0 aliphatic heterocycles. The van der Waals surface area contributed by atoms with E-state index in [1.807, 2.05) is 6.92 Å². The second-order valence-electron chi connectivity index (χ2n) is 4.39. The van der Waals surface area contributed by atoms with Crippen LogP contribution in [0.4, 0.5) is 0 Å². The molecule has 0 saturated heterocycles. The normalized spacial score (nSPS) is 10.8. The Morgan fingerprint density at radius 1 is 1.56 bits per heavy atom. The van der Waals surface area contributed by atoms with Gasteiger partial charge in [-0.05, 0) is 26.2 Å². The predicted octanol–water partition coefficient (Wildman–Crippen LogP) is 2.49. The summed E-state index contributed by atoms with van der Waals surface area (Å²) in [6.07, 6.45) is 1.01. The van der Waals surface area contributed by atoms with Gasteiger partial charge in [-0.3, -0.25) is 4.79 Å². The van der Waals surface area contributed by atoms with Gasteiger partial charge in [-0.15, -0.1) is 0 Å². The van der Waals surface area contributed by atoms with Gasteiger partial charge in [-0.25, -0.2) is 0 Å². The van der Waals surface area contributed by atoms with Crippen molar-refractivity contribution in [1.82, 2.24) is 10.1 Å². The smallest absolute Gasteiger partial charge is 0.276 e. The molecule has 1 aromatic heterocycles. The third kappa shape index (κ3) is 3.36. The van der Waals surface area contributed by atoms with Crippen LogP contribution in [0.25, 0.3) is 0 Å². The number of amides is 1. The minimum atomic E-state index is -0.0417. The maximum atomic E-state index is 12.0. The number of carbonyl (C=O) groups is 1. The van der Waals surface area contributed by atoms with Crippen LogP contribution in [0.5, 0.6) is 0 Å². The molecule has 0 spiro atoms. The first-order valence-electron chi connectivity index (χ1n) is 5.77. The van der Waals surface area contributed by atoms with Crippen LogP contribution in [0.3, 0.4) is 0 Å². The molecule has 1 rings (SSSR count). The summed E-state index contributed by atoms with van der Waals surface area (Å²) < 4.78 is 4.91. The number of rotatable bonds is 5. The fraction of sp³-hybridized carbons (Fsp3) is 0.667. The summed E-state index contributed by atoms with van der Waals surface area (Å²) in [5, 5.41) is 3.75. The van der Waals surface area contributed by atoms with E-state index in [0.29, 0.717) is 23.9 Å². The predicted molar refractivity (Wildman–Crippen MR) is 62.3 cm³/mol. The molecule has 4 nitrogen and oxygen atoms in total. The van der Waals surface area contributed by atoms with Gasteiger partial charge in [0.05, 0.1) is 0 Å². The number of carbonyl (C=O) groups excluding carboxylic acids is 1. The first-order chi connectivity index (χ1) is 7.54. The molecule has 0 N–H and O–H groups in total. The van der Waals surface area contributed by atoms with Gasteiger partial charge in [-0.1, -0.05) is 19.0 Å². The van der Waals surface area contributed by atoms with Gasteiger partial charge in [0, 0.05) is 19.2 Å². The van der Waals surface area contributed by atoms with Crippen molar-refractivity contribution in [2.24, 2.45) is 5.92 Å². The molecule has 4 heteroatoms. The number of hydrogen-bond donors (Lipinski definition) is 0. The van der Waals surface area contributed by atoms with Gasteiger partial charge in [0.15, 0.2) is 5.69 Å². The van der Waals surface area contributed by atoms with E-state index in [-0.39, 0.29) is 5.91 Å². The van der Waals surface area contributed by atoms with Crippen LogP contribution in [0.2, 0.25) is 0 Å². The van der Waals surface area contributed by atoms with E-state index >= 15 is 0 Å². The molecule has 0 aromatic carbocycles. The molecule has 0 saturated carbocycles. The number of aromatic nitrogens is 1. The number of aryl methyl sites for hydroxylation is 1. The zero-order chi connectivity index (χ0) is 12.1. The molecule has 0 atom stereocenters. The minimum absolute atomic E-state index is 0.0417. The lowest BCUT2D eigenvalue weighted by atomic mass is 10.1. The molecule has 0 aliphatic carbocycles. The van der Waals surface area contributed by atoms with Gasteiger partial charge >= 0.3 is 0 Å². The Morgan fingerprint density at radius 3 is 2.69 bits per heavy atom. The molecular formula is C12H20N2O2. The molecule has 0 bridgehead atoms.